The van der Waals surface area contributed by atoms with Gasteiger partial charge in [-0.1, -0.05) is 0 Å². The molecule has 2 heterocycles. The molecule has 0 saturated carbocycles. The second kappa shape index (κ2) is 6.54. The molecule has 3 rings (SSSR count). The highest BCUT2D eigenvalue weighted by molar-refractivity contribution is 5.99. The van der Waals surface area contributed by atoms with Crippen molar-refractivity contribution in [3.63, 3.8) is 0 Å². The zero-order chi connectivity index (χ0) is 19.0. The first-order valence-electron chi connectivity index (χ1n) is 7.54. The molecule has 7 nitrogen and oxygen atoms in total. The molecule has 1 amide bonds. The first kappa shape index (κ1) is 17.5. The maximum absolute atomic E-state index is 13.5. The van der Waals surface area contributed by atoms with Crippen LogP contribution >= 0.6 is 0 Å². The van der Waals surface area contributed by atoms with Gasteiger partial charge in [0.2, 0.25) is 0 Å². The van der Waals surface area contributed by atoms with Crippen LogP contribution in [0.3, 0.4) is 0 Å². The fourth-order valence-corrected chi connectivity index (χ4v) is 2.61. The summed E-state index contributed by atoms with van der Waals surface area (Å²) in [7, 11) is 0. The molecule has 0 unspecified atom stereocenters. The number of aryl methyl sites for hydroxylation is 1. The molecule has 0 atom stereocenters. The Kier molecular flexibility index (Phi) is 4.41. The predicted octanol–water partition coefficient (Wildman–Crippen LogP) is 2.57. The van der Waals surface area contributed by atoms with Crippen molar-refractivity contribution in [2.45, 2.75) is 19.9 Å². The number of nitrogens with zero attached hydrogens (tertiary/aromatic N) is 3. The van der Waals surface area contributed by atoms with E-state index in [-0.39, 0.29) is 17.2 Å². The van der Waals surface area contributed by atoms with E-state index in [2.05, 4.69) is 15.4 Å². The highest BCUT2D eigenvalue weighted by Gasteiger charge is 2.16. The molecular formula is C16H15F3N6O. The molecule has 0 aliphatic rings. The standard InChI is InChI=1S/C16H15F3N6O/c1-7-9-4-8(2-3-12(9)25(24-7)6-13(18)19)22-16-10(15(21)26)5-11(17)14(20)23-16/h2-5,13H,6H2,1H3,(H2,21,26)(H3,20,22,23). The van der Waals surface area contributed by atoms with E-state index in [1.165, 1.54) is 4.68 Å². The highest BCUT2D eigenvalue weighted by atomic mass is 19.3. The molecule has 10 heteroatoms. The Morgan fingerprint density at radius 2 is 2.08 bits per heavy atom. The smallest absolute Gasteiger partial charge is 0.257 e. The monoisotopic (exact) mass is 364 g/mol. The minimum absolute atomic E-state index is 0.00613. The van der Waals surface area contributed by atoms with Gasteiger partial charge < -0.3 is 16.8 Å². The van der Waals surface area contributed by atoms with Crippen LogP contribution in [0.2, 0.25) is 0 Å². The molecular weight excluding hydrogens is 349 g/mol. The van der Waals surface area contributed by atoms with Crippen molar-refractivity contribution < 1.29 is 18.0 Å². The molecule has 0 aliphatic carbocycles. The van der Waals surface area contributed by atoms with E-state index in [0.717, 1.165) is 6.07 Å². The lowest BCUT2D eigenvalue weighted by Crippen LogP contribution is -2.16. The molecule has 3 aromatic rings. The normalized spacial score (nSPS) is 11.3. The largest absolute Gasteiger partial charge is 0.381 e. The van der Waals surface area contributed by atoms with Gasteiger partial charge in [-0.05, 0) is 31.2 Å². The zero-order valence-electron chi connectivity index (χ0n) is 13.6. The number of alkyl halides is 2. The molecule has 2 aromatic heterocycles. The Morgan fingerprint density at radius 3 is 2.73 bits per heavy atom. The molecule has 0 radical (unpaired) electrons. The van der Waals surface area contributed by atoms with Crippen molar-refractivity contribution in [2.24, 2.45) is 5.73 Å². The third-order valence-electron chi connectivity index (χ3n) is 3.78. The van der Waals surface area contributed by atoms with Crippen molar-refractivity contribution in [2.75, 3.05) is 11.1 Å². The van der Waals surface area contributed by atoms with Gasteiger partial charge in [0.25, 0.3) is 12.3 Å². The Bertz CT molecular complexity index is 1000. The number of carbonyl (C=O) groups excluding carboxylic acids is 1. The van der Waals surface area contributed by atoms with Crippen molar-refractivity contribution >= 4 is 34.1 Å². The van der Waals surface area contributed by atoms with E-state index in [9.17, 15) is 18.0 Å². The predicted molar refractivity (Wildman–Crippen MR) is 90.9 cm³/mol. The lowest BCUT2D eigenvalue weighted by Gasteiger charge is -2.11. The van der Waals surface area contributed by atoms with Crippen LogP contribution in [0.1, 0.15) is 16.1 Å². The first-order chi connectivity index (χ1) is 12.3. The average molecular weight is 364 g/mol. The average Bonchev–Trinajstić information content (AvgIpc) is 2.85. The van der Waals surface area contributed by atoms with E-state index in [4.69, 9.17) is 11.5 Å². The number of hydrogen-bond acceptors (Lipinski definition) is 5. The first-order valence-corrected chi connectivity index (χ1v) is 7.54. The number of hydrogen-bond donors (Lipinski definition) is 3. The second-order valence-corrected chi connectivity index (χ2v) is 5.63. The summed E-state index contributed by atoms with van der Waals surface area (Å²) in [5.41, 5.74) is 12.1. The van der Waals surface area contributed by atoms with Gasteiger partial charge >= 0.3 is 0 Å². The number of benzene rings is 1. The fourth-order valence-electron chi connectivity index (χ4n) is 2.61. The SMILES string of the molecule is Cc1nn(CC(F)F)c2ccc(Nc3nc(N)c(F)cc3C(N)=O)cc12. The number of rotatable bonds is 5. The van der Waals surface area contributed by atoms with Gasteiger partial charge in [0.1, 0.15) is 12.4 Å². The van der Waals surface area contributed by atoms with Crippen LogP contribution in [0, 0.1) is 12.7 Å². The summed E-state index contributed by atoms with van der Waals surface area (Å²) in [6.45, 7) is 1.18. The number of anilines is 3. The van der Waals surface area contributed by atoms with Crippen LogP contribution in [-0.2, 0) is 6.54 Å². The number of fused-ring (bicyclic) bond motifs is 1. The van der Waals surface area contributed by atoms with Crippen LogP contribution in [0.4, 0.5) is 30.5 Å². The minimum Gasteiger partial charge on any atom is -0.381 e. The molecule has 0 fully saturated rings. The van der Waals surface area contributed by atoms with E-state index < -0.39 is 24.7 Å². The molecule has 0 bridgehead atoms. The third kappa shape index (κ3) is 3.25. The van der Waals surface area contributed by atoms with Crippen LogP contribution in [0.25, 0.3) is 10.9 Å². The summed E-state index contributed by atoms with van der Waals surface area (Å²) in [5, 5.41) is 7.59. The summed E-state index contributed by atoms with van der Waals surface area (Å²) in [6, 6.07) is 5.76. The van der Waals surface area contributed by atoms with Gasteiger partial charge in [-0.25, -0.2) is 18.2 Å². The number of nitrogens with one attached hydrogen (secondary N) is 1. The van der Waals surface area contributed by atoms with Crippen LogP contribution in [0.5, 0.6) is 0 Å². The van der Waals surface area contributed by atoms with E-state index in [1.54, 1.807) is 25.1 Å². The maximum Gasteiger partial charge on any atom is 0.257 e. The van der Waals surface area contributed by atoms with Gasteiger partial charge in [0.15, 0.2) is 11.6 Å². The number of primary amides is 1. The van der Waals surface area contributed by atoms with Crippen LogP contribution in [-0.4, -0.2) is 27.1 Å². The summed E-state index contributed by atoms with van der Waals surface area (Å²) < 4.78 is 40.1. The van der Waals surface area contributed by atoms with Crippen molar-refractivity contribution in [3.8, 4) is 0 Å². The Morgan fingerprint density at radius 1 is 1.35 bits per heavy atom. The van der Waals surface area contributed by atoms with Gasteiger partial charge in [-0.3, -0.25) is 9.48 Å². The molecule has 0 saturated heterocycles. The lowest BCUT2D eigenvalue weighted by atomic mass is 10.2. The number of nitrogens with two attached hydrogens (primary N) is 2. The van der Waals surface area contributed by atoms with Gasteiger partial charge in [-0.2, -0.15) is 5.10 Å². The quantitative estimate of drug-likeness (QED) is 0.644. The Hall–Kier alpha value is -3.30. The van der Waals surface area contributed by atoms with Gasteiger partial charge in [0, 0.05) is 11.1 Å². The van der Waals surface area contributed by atoms with Gasteiger partial charge in [0.05, 0.1) is 16.8 Å². The number of amides is 1. The lowest BCUT2D eigenvalue weighted by molar-refractivity contribution is 0.1000. The van der Waals surface area contributed by atoms with Crippen LogP contribution < -0.4 is 16.8 Å². The van der Waals surface area contributed by atoms with Crippen LogP contribution in [0.15, 0.2) is 24.3 Å². The molecule has 1 aromatic carbocycles. The van der Waals surface area contributed by atoms with Crippen molar-refractivity contribution in [1.82, 2.24) is 14.8 Å². The summed E-state index contributed by atoms with van der Waals surface area (Å²) >= 11 is 0. The summed E-state index contributed by atoms with van der Waals surface area (Å²) in [5.74, 6) is -2.13. The number of nitrogen functional groups attached to an aromatic ring is 1. The Balaban J connectivity index is 2.01. The number of aromatic nitrogens is 3. The summed E-state index contributed by atoms with van der Waals surface area (Å²) in [6.07, 6.45) is -2.53. The van der Waals surface area contributed by atoms with Crippen molar-refractivity contribution in [3.05, 3.63) is 41.3 Å². The molecule has 0 spiro atoms. The fraction of sp³-hybridized carbons (Fsp3) is 0.188. The highest BCUT2D eigenvalue weighted by Crippen LogP contribution is 2.27. The molecule has 26 heavy (non-hydrogen) atoms. The minimum atomic E-state index is -2.53. The number of pyridine rings is 1. The van der Waals surface area contributed by atoms with E-state index in [1.807, 2.05) is 0 Å². The van der Waals surface area contributed by atoms with E-state index in [0.29, 0.717) is 22.3 Å². The second-order valence-electron chi connectivity index (χ2n) is 5.63. The summed E-state index contributed by atoms with van der Waals surface area (Å²) in [4.78, 5) is 15.3. The molecule has 136 valence electrons. The number of halogens is 3. The van der Waals surface area contributed by atoms with E-state index >= 15 is 0 Å². The molecule has 0 aliphatic heterocycles. The zero-order valence-corrected chi connectivity index (χ0v) is 13.6. The third-order valence-corrected chi connectivity index (χ3v) is 3.78. The Labute approximate surface area is 145 Å². The van der Waals surface area contributed by atoms with Gasteiger partial charge in [-0.15, -0.1) is 0 Å². The topological polar surface area (TPSA) is 112 Å². The maximum atomic E-state index is 13.5. The molecule has 5 N–H and O–H groups in total. The van der Waals surface area contributed by atoms with Crippen molar-refractivity contribution in [1.29, 1.82) is 0 Å². The number of carbonyl (C=O) groups is 1.